The van der Waals surface area contributed by atoms with Crippen LogP contribution < -0.4 is 10.3 Å². The molecule has 0 bridgehead atoms. The summed E-state index contributed by atoms with van der Waals surface area (Å²) in [5, 5.41) is 0.413. The Hall–Kier alpha value is -4.23. The van der Waals surface area contributed by atoms with Crippen molar-refractivity contribution in [2.45, 2.75) is 12.8 Å². The number of nitrogens with zero attached hydrogens (tertiary/aromatic N) is 1. The van der Waals surface area contributed by atoms with Crippen molar-refractivity contribution in [1.29, 1.82) is 0 Å². The normalized spacial score (nSPS) is 11.1. The highest BCUT2D eigenvalue weighted by molar-refractivity contribution is 7.20. The Morgan fingerprint density at radius 1 is 0.889 bits per heavy atom. The SMILES string of the molecule is Cc1c(C(=O)OCCOc2ccccc2)sc2nc(C(c3ccccc3)c3ccccc3)[nH]c(=O)c12. The molecule has 0 saturated heterocycles. The van der Waals surface area contributed by atoms with Gasteiger partial charge in [-0.2, -0.15) is 0 Å². The van der Waals surface area contributed by atoms with Crippen LogP contribution in [0.1, 0.15) is 38.1 Å². The lowest BCUT2D eigenvalue weighted by atomic mass is 9.90. The minimum Gasteiger partial charge on any atom is -0.490 e. The molecule has 0 saturated carbocycles. The van der Waals surface area contributed by atoms with Crippen molar-refractivity contribution in [3.05, 3.63) is 129 Å². The van der Waals surface area contributed by atoms with E-state index in [1.807, 2.05) is 91.0 Å². The molecular formula is C29H24N2O4S. The average Bonchev–Trinajstić information content (AvgIpc) is 3.25. The second-order valence-electron chi connectivity index (χ2n) is 8.24. The third kappa shape index (κ3) is 4.92. The van der Waals surface area contributed by atoms with Gasteiger partial charge < -0.3 is 14.5 Å². The Morgan fingerprint density at radius 3 is 2.08 bits per heavy atom. The van der Waals surface area contributed by atoms with Gasteiger partial charge in [0.2, 0.25) is 0 Å². The Kier molecular flexibility index (Phi) is 6.91. The van der Waals surface area contributed by atoms with E-state index < -0.39 is 5.97 Å². The quantitative estimate of drug-likeness (QED) is 0.220. The average molecular weight is 497 g/mol. The second-order valence-corrected chi connectivity index (χ2v) is 9.24. The standard InChI is InChI=1S/C29H24N2O4S/c1-19-23-27(32)30-26(24(20-11-5-2-6-12-20)21-13-7-3-8-14-21)31-28(23)36-25(19)29(33)35-18-17-34-22-15-9-4-10-16-22/h2-16,24H,17-18H2,1H3,(H,30,31,32). The number of carbonyl (C=O) groups excluding carboxylic acids is 1. The van der Waals surface area contributed by atoms with Gasteiger partial charge >= 0.3 is 5.97 Å². The maximum Gasteiger partial charge on any atom is 0.348 e. The molecular weight excluding hydrogens is 472 g/mol. The fourth-order valence-corrected chi connectivity index (χ4v) is 5.25. The van der Waals surface area contributed by atoms with E-state index >= 15 is 0 Å². The van der Waals surface area contributed by atoms with Crippen LogP contribution >= 0.6 is 11.3 Å². The molecule has 5 aromatic rings. The summed E-state index contributed by atoms with van der Waals surface area (Å²) in [5.74, 6) is 0.497. The fourth-order valence-electron chi connectivity index (χ4n) is 4.17. The second kappa shape index (κ2) is 10.6. The van der Waals surface area contributed by atoms with E-state index in [1.165, 1.54) is 11.3 Å². The van der Waals surface area contributed by atoms with Crippen LogP contribution in [0.25, 0.3) is 10.2 Å². The number of aromatic amines is 1. The Labute approximate surface area is 212 Å². The van der Waals surface area contributed by atoms with Crippen molar-refractivity contribution in [2.24, 2.45) is 0 Å². The van der Waals surface area contributed by atoms with Gasteiger partial charge in [-0.15, -0.1) is 11.3 Å². The first kappa shape index (κ1) is 23.5. The van der Waals surface area contributed by atoms with Crippen molar-refractivity contribution in [2.75, 3.05) is 13.2 Å². The molecule has 0 radical (unpaired) electrons. The monoisotopic (exact) mass is 496 g/mol. The molecule has 5 rings (SSSR count). The number of rotatable bonds is 8. The molecule has 7 heteroatoms. The first-order chi connectivity index (χ1) is 17.6. The number of nitrogens with one attached hydrogen (secondary N) is 1. The third-order valence-corrected chi connectivity index (χ3v) is 7.04. The number of carbonyl (C=O) groups is 1. The first-order valence-electron chi connectivity index (χ1n) is 11.6. The molecule has 0 aliphatic carbocycles. The van der Waals surface area contributed by atoms with Crippen LogP contribution in [0.15, 0.2) is 95.8 Å². The van der Waals surface area contributed by atoms with Gasteiger partial charge in [0.15, 0.2) is 0 Å². The van der Waals surface area contributed by atoms with Crippen molar-refractivity contribution in [3.63, 3.8) is 0 Å². The molecule has 2 aromatic heterocycles. The van der Waals surface area contributed by atoms with Crippen LogP contribution in [-0.2, 0) is 4.74 Å². The van der Waals surface area contributed by atoms with E-state index in [4.69, 9.17) is 14.5 Å². The van der Waals surface area contributed by atoms with Gasteiger partial charge in [-0.25, -0.2) is 9.78 Å². The van der Waals surface area contributed by atoms with Crippen LogP contribution in [-0.4, -0.2) is 29.2 Å². The molecule has 0 unspecified atom stereocenters. The van der Waals surface area contributed by atoms with Crippen LogP contribution in [0.4, 0.5) is 0 Å². The van der Waals surface area contributed by atoms with Crippen LogP contribution in [0, 0.1) is 6.92 Å². The Bertz CT molecular complexity index is 1490. The summed E-state index contributed by atoms with van der Waals surface area (Å²) in [6, 6.07) is 29.2. The molecule has 3 aromatic carbocycles. The number of aromatic nitrogens is 2. The van der Waals surface area contributed by atoms with Crippen LogP contribution in [0.5, 0.6) is 5.75 Å². The third-order valence-electron chi connectivity index (χ3n) is 5.87. The molecule has 0 aliphatic rings. The van der Waals surface area contributed by atoms with Gasteiger partial charge in [0.1, 0.15) is 34.5 Å². The topological polar surface area (TPSA) is 81.3 Å². The molecule has 180 valence electrons. The zero-order chi connectivity index (χ0) is 24.9. The Balaban J connectivity index is 1.43. The molecule has 2 heterocycles. The lowest BCUT2D eigenvalue weighted by molar-refractivity contribution is 0.0455. The summed E-state index contributed by atoms with van der Waals surface area (Å²) in [7, 11) is 0. The Morgan fingerprint density at radius 2 is 1.47 bits per heavy atom. The molecule has 0 aliphatic heterocycles. The van der Waals surface area contributed by atoms with Crippen molar-refractivity contribution >= 4 is 27.5 Å². The molecule has 1 N–H and O–H groups in total. The van der Waals surface area contributed by atoms with E-state index in [-0.39, 0.29) is 24.7 Å². The van der Waals surface area contributed by atoms with Crippen molar-refractivity contribution in [3.8, 4) is 5.75 Å². The van der Waals surface area contributed by atoms with E-state index in [0.29, 0.717) is 32.2 Å². The van der Waals surface area contributed by atoms with Gasteiger partial charge in [0.05, 0.1) is 11.3 Å². The van der Waals surface area contributed by atoms with Crippen molar-refractivity contribution in [1.82, 2.24) is 9.97 Å². The fraction of sp³-hybridized carbons (Fsp3) is 0.138. The predicted molar refractivity (Wildman–Crippen MR) is 141 cm³/mol. The molecule has 0 fully saturated rings. The van der Waals surface area contributed by atoms with E-state index in [1.54, 1.807) is 6.92 Å². The maximum absolute atomic E-state index is 13.2. The zero-order valence-corrected chi connectivity index (χ0v) is 20.5. The number of hydrogen-bond donors (Lipinski definition) is 1. The van der Waals surface area contributed by atoms with Crippen LogP contribution in [0.2, 0.25) is 0 Å². The number of hydrogen-bond acceptors (Lipinski definition) is 6. The zero-order valence-electron chi connectivity index (χ0n) is 19.6. The molecule has 0 atom stereocenters. The van der Waals surface area contributed by atoms with E-state index in [2.05, 4.69) is 4.98 Å². The first-order valence-corrected chi connectivity index (χ1v) is 12.4. The number of aryl methyl sites for hydroxylation is 1. The highest BCUT2D eigenvalue weighted by atomic mass is 32.1. The summed E-state index contributed by atoms with van der Waals surface area (Å²) in [6.07, 6.45) is 0. The number of benzene rings is 3. The summed E-state index contributed by atoms with van der Waals surface area (Å²) in [4.78, 5) is 34.7. The predicted octanol–water partition coefficient (Wildman–Crippen LogP) is 5.71. The molecule has 0 amide bonds. The van der Waals surface area contributed by atoms with Gasteiger partial charge in [0.25, 0.3) is 5.56 Å². The largest absolute Gasteiger partial charge is 0.490 e. The smallest absolute Gasteiger partial charge is 0.348 e. The number of thiophene rings is 1. The van der Waals surface area contributed by atoms with Crippen LogP contribution in [0.3, 0.4) is 0 Å². The highest BCUT2D eigenvalue weighted by Gasteiger charge is 2.24. The summed E-state index contributed by atoms with van der Waals surface area (Å²) >= 11 is 1.18. The molecule has 6 nitrogen and oxygen atoms in total. The summed E-state index contributed by atoms with van der Waals surface area (Å²) in [5.41, 5.74) is 2.32. The van der Waals surface area contributed by atoms with E-state index in [0.717, 1.165) is 11.1 Å². The van der Waals surface area contributed by atoms with E-state index in [9.17, 15) is 9.59 Å². The lowest BCUT2D eigenvalue weighted by Crippen LogP contribution is -2.16. The summed E-state index contributed by atoms with van der Waals surface area (Å²) < 4.78 is 11.0. The number of ether oxygens (including phenoxy) is 2. The summed E-state index contributed by atoms with van der Waals surface area (Å²) in [6.45, 7) is 2.08. The highest BCUT2D eigenvalue weighted by Crippen LogP contribution is 2.32. The number of fused-ring (bicyclic) bond motifs is 1. The maximum atomic E-state index is 13.2. The van der Waals surface area contributed by atoms with Gasteiger partial charge in [-0.05, 0) is 35.7 Å². The minimum absolute atomic E-state index is 0.0978. The lowest BCUT2D eigenvalue weighted by Gasteiger charge is -2.17. The minimum atomic E-state index is -0.490. The van der Waals surface area contributed by atoms with Gasteiger partial charge in [-0.1, -0.05) is 78.9 Å². The van der Waals surface area contributed by atoms with Gasteiger partial charge in [-0.3, -0.25) is 4.79 Å². The number of H-pyrrole nitrogens is 1. The molecule has 36 heavy (non-hydrogen) atoms. The number of esters is 1. The van der Waals surface area contributed by atoms with Crippen molar-refractivity contribution < 1.29 is 14.3 Å². The van der Waals surface area contributed by atoms with Gasteiger partial charge in [0, 0.05) is 0 Å². The molecule has 0 spiro atoms. The number of para-hydroxylation sites is 1.